The third-order valence-electron chi connectivity index (χ3n) is 4.03. The highest BCUT2D eigenvalue weighted by molar-refractivity contribution is 6.10. The molecule has 3 nitrogen and oxygen atoms in total. The predicted octanol–water partition coefficient (Wildman–Crippen LogP) is 3.63. The van der Waals surface area contributed by atoms with E-state index in [9.17, 15) is 4.79 Å². The lowest BCUT2D eigenvalue weighted by Gasteiger charge is -2.30. The van der Waals surface area contributed by atoms with E-state index < -0.39 is 0 Å². The zero-order chi connectivity index (χ0) is 14.8. The van der Waals surface area contributed by atoms with Crippen molar-refractivity contribution >= 4 is 17.3 Å². The van der Waals surface area contributed by atoms with Crippen molar-refractivity contribution in [2.24, 2.45) is 0 Å². The van der Waals surface area contributed by atoms with Gasteiger partial charge in [0, 0.05) is 25.0 Å². The fourth-order valence-electron chi connectivity index (χ4n) is 2.94. The van der Waals surface area contributed by atoms with Gasteiger partial charge in [-0.25, -0.2) is 0 Å². The van der Waals surface area contributed by atoms with Crippen LogP contribution in [0.5, 0.6) is 0 Å². The van der Waals surface area contributed by atoms with Gasteiger partial charge in [-0.15, -0.1) is 0 Å². The number of rotatable bonds is 2. The Hall–Kier alpha value is -2.29. The first kappa shape index (κ1) is 13.7. The maximum atomic E-state index is 12.9. The van der Waals surface area contributed by atoms with Gasteiger partial charge >= 0.3 is 0 Å². The molecule has 0 atom stereocenters. The number of fused-ring (bicyclic) bond motifs is 1. The van der Waals surface area contributed by atoms with Gasteiger partial charge in [0.1, 0.15) is 0 Å². The molecule has 0 saturated heterocycles. The number of hydrogen-bond acceptors (Lipinski definition) is 2. The van der Waals surface area contributed by atoms with Gasteiger partial charge in [0.2, 0.25) is 0 Å². The van der Waals surface area contributed by atoms with E-state index in [1.54, 1.807) is 0 Å². The van der Waals surface area contributed by atoms with E-state index in [1.165, 1.54) is 5.56 Å². The van der Waals surface area contributed by atoms with Crippen LogP contribution in [-0.4, -0.2) is 19.5 Å². The molecule has 2 aromatic rings. The zero-order valence-corrected chi connectivity index (χ0v) is 12.5. The SMILES string of the molecule is CNc1cc(C)ccc1C(=O)N1CCCc2ccccc21. The van der Waals surface area contributed by atoms with Crippen molar-refractivity contribution in [2.75, 3.05) is 23.8 Å². The number of carbonyl (C=O) groups excluding carboxylic acids is 1. The molecule has 1 aliphatic rings. The first-order chi connectivity index (χ1) is 10.2. The minimum absolute atomic E-state index is 0.0755. The van der Waals surface area contributed by atoms with Gasteiger partial charge in [-0.3, -0.25) is 4.79 Å². The van der Waals surface area contributed by atoms with Crippen molar-refractivity contribution < 1.29 is 4.79 Å². The van der Waals surface area contributed by atoms with E-state index in [2.05, 4.69) is 11.4 Å². The van der Waals surface area contributed by atoms with Gasteiger partial charge in [-0.05, 0) is 49.1 Å². The number of hydrogen-bond donors (Lipinski definition) is 1. The summed E-state index contributed by atoms with van der Waals surface area (Å²) in [6, 6.07) is 14.1. The maximum absolute atomic E-state index is 12.9. The fourth-order valence-corrected chi connectivity index (χ4v) is 2.94. The van der Waals surface area contributed by atoms with Crippen LogP contribution in [0.4, 0.5) is 11.4 Å². The molecule has 0 fully saturated rings. The van der Waals surface area contributed by atoms with Gasteiger partial charge in [-0.2, -0.15) is 0 Å². The predicted molar refractivity (Wildman–Crippen MR) is 87.2 cm³/mol. The third-order valence-corrected chi connectivity index (χ3v) is 4.03. The van der Waals surface area contributed by atoms with Crippen molar-refractivity contribution in [1.82, 2.24) is 0 Å². The van der Waals surface area contributed by atoms with Gasteiger partial charge in [0.25, 0.3) is 5.91 Å². The number of anilines is 2. The van der Waals surface area contributed by atoms with Crippen LogP contribution in [0.1, 0.15) is 27.9 Å². The number of nitrogens with zero attached hydrogens (tertiary/aromatic N) is 1. The summed E-state index contributed by atoms with van der Waals surface area (Å²) in [5, 5.41) is 3.13. The summed E-state index contributed by atoms with van der Waals surface area (Å²) in [7, 11) is 1.86. The van der Waals surface area contributed by atoms with E-state index in [-0.39, 0.29) is 5.91 Å². The molecule has 21 heavy (non-hydrogen) atoms. The molecule has 1 amide bonds. The quantitative estimate of drug-likeness (QED) is 0.911. The molecular weight excluding hydrogens is 260 g/mol. The largest absolute Gasteiger partial charge is 0.387 e. The van der Waals surface area contributed by atoms with Crippen molar-refractivity contribution in [3.05, 3.63) is 59.2 Å². The summed E-state index contributed by atoms with van der Waals surface area (Å²) >= 11 is 0. The Balaban J connectivity index is 2.00. The smallest absolute Gasteiger partial charge is 0.260 e. The van der Waals surface area contributed by atoms with E-state index in [0.29, 0.717) is 0 Å². The second kappa shape index (κ2) is 5.60. The fraction of sp³-hybridized carbons (Fsp3) is 0.278. The van der Waals surface area contributed by atoms with Crippen LogP contribution in [0.2, 0.25) is 0 Å². The van der Waals surface area contributed by atoms with E-state index in [0.717, 1.165) is 41.9 Å². The Kier molecular flexibility index (Phi) is 3.65. The van der Waals surface area contributed by atoms with Crippen molar-refractivity contribution in [2.45, 2.75) is 19.8 Å². The molecular formula is C18H20N2O. The number of para-hydroxylation sites is 1. The van der Waals surface area contributed by atoms with Crippen LogP contribution in [0.25, 0.3) is 0 Å². The topological polar surface area (TPSA) is 32.3 Å². The molecule has 0 radical (unpaired) electrons. The van der Waals surface area contributed by atoms with Crippen LogP contribution >= 0.6 is 0 Å². The molecule has 1 N–H and O–H groups in total. The lowest BCUT2D eigenvalue weighted by atomic mass is 10.00. The second-order valence-electron chi connectivity index (χ2n) is 5.49. The summed E-state index contributed by atoms with van der Waals surface area (Å²) in [5.41, 5.74) is 5.09. The van der Waals surface area contributed by atoms with E-state index in [1.807, 2.05) is 55.3 Å². The number of carbonyl (C=O) groups is 1. The average Bonchev–Trinajstić information content (AvgIpc) is 2.53. The van der Waals surface area contributed by atoms with Gasteiger partial charge in [-0.1, -0.05) is 24.3 Å². The Morgan fingerprint density at radius 1 is 1.19 bits per heavy atom. The molecule has 1 heterocycles. The zero-order valence-electron chi connectivity index (χ0n) is 12.5. The molecule has 0 unspecified atom stereocenters. The third kappa shape index (κ3) is 2.51. The molecule has 0 bridgehead atoms. The summed E-state index contributed by atoms with van der Waals surface area (Å²) in [6.45, 7) is 2.82. The normalized spacial score (nSPS) is 13.7. The minimum atomic E-state index is 0.0755. The number of amides is 1. The molecule has 0 saturated carbocycles. The van der Waals surface area contributed by atoms with E-state index >= 15 is 0 Å². The minimum Gasteiger partial charge on any atom is -0.387 e. The highest BCUT2D eigenvalue weighted by atomic mass is 16.2. The van der Waals surface area contributed by atoms with Crippen LogP contribution in [0.3, 0.4) is 0 Å². The molecule has 0 aliphatic carbocycles. The van der Waals surface area contributed by atoms with Crippen LogP contribution in [-0.2, 0) is 6.42 Å². The summed E-state index contributed by atoms with van der Waals surface area (Å²) in [4.78, 5) is 14.8. The summed E-state index contributed by atoms with van der Waals surface area (Å²) in [5.74, 6) is 0.0755. The molecule has 0 aromatic heterocycles. The summed E-state index contributed by atoms with van der Waals surface area (Å²) < 4.78 is 0. The lowest BCUT2D eigenvalue weighted by molar-refractivity contribution is 0.0986. The number of nitrogens with one attached hydrogen (secondary N) is 1. The highest BCUT2D eigenvalue weighted by Crippen LogP contribution is 2.29. The number of aryl methyl sites for hydroxylation is 2. The van der Waals surface area contributed by atoms with Gasteiger partial charge < -0.3 is 10.2 Å². The van der Waals surface area contributed by atoms with Gasteiger partial charge in [0.05, 0.1) is 5.56 Å². The van der Waals surface area contributed by atoms with Crippen molar-refractivity contribution in [3.63, 3.8) is 0 Å². The Labute approximate surface area is 125 Å². The maximum Gasteiger partial charge on any atom is 0.260 e. The monoisotopic (exact) mass is 280 g/mol. The molecule has 108 valence electrons. The Morgan fingerprint density at radius 3 is 2.81 bits per heavy atom. The van der Waals surface area contributed by atoms with Crippen molar-refractivity contribution in [1.29, 1.82) is 0 Å². The molecule has 2 aromatic carbocycles. The Bertz CT molecular complexity index is 679. The van der Waals surface area contributed by atoms with Crippen LogP contribution in [0.15, 0.2) is 42.5 Å². The second-order valence-corrected chi connectivity index (χ2v) is 5.49. The standard InChI is InChI=1S/C18H20N2O/c1-13-9-10-15(16(12-13)19-2)18(21)20-11-5-7-14-6-3-4-8-17(14)20/h3-4,6,8-10,12,19H,5,7,11H2,1-2H3. The van der Waals surface area contributed by atoms with E-state index in [4.69, 9.17) is 0 Å². The summed E-state index contributed by atoms with van der Waals surface area (Å²) in [6.07, 6.45) is 2.07. The lowest BCUT2D eigenvalue weighted by Crippen LogP contribution is -2.35. The van der Waals surface area contributed by atoms with Crippen LogP contribution in [0, 0.1) is 6.92 Å². The van der Waals surface area contributed by atoms with Gasteiger partial charge in [0.15, 0.2) is 0 Å². The molecule has 3 rings (SSSR count). The average molecular weight is 280 g/mol. The molecule has 0 spiro atoms. The number of benzene rings is 2. The molecule has 3 heteroatoms. The van der Waals surface area contributed by atoms with Crippen molar-refractivity contribution in [3.8, 4) is 0 Å². The van der Waals surface area contributed by atoms with Crippen LogP contribution < -0.4 is 10.2 Å². The first-order valence-corrected chi connectivity index (χ1v) is 7.39. The Morgan fingerprint density at radius 2 is 2.00 bits per heavy atom. The first-order valence-electron chi connectivity index (χ1n) is 7.39. The highest BCUT2D eigenvalue weighted by Gasteiger charge is 2.24. The molecule has 1 aliphatic heterocycles.